The van der Waals surface area contributed by atoms with Gasteiger partial charge in [-0.05, 0) is 155 Å². The van der Waals surface area contributed by atoms with Gasteiger partial charge in [-0.25, -0.2) is 0 Å². The normalized spacial score (nSPS) is 13.3. The van der Waals surface area contributed by atoms with Crippen molar-refractivity contribution in [3.8, 4) is 44.8 Å². The Morgan fingerprint density at radius 2 is 0.872 bits per heavy atom. The largest absolute Gasteiger partial charge is 0.309 e. The molecule has 0 bridgehead atoms. The van der Waals surface area contributed by atoms with Crippen LogP contribution in [0.25, 0.3) is 142 Å². The van der Waals surface area contributed by atoms with E-state index in [1.807, 2.05) is 11.3 Å². The predicted octanol–water partition coefficient (Wildman–Crippen LogP) is 22.2. The van der Waals surface area contributed by atoms with Gasteiger partial charge in [-0.15, -0.1) is 11.3 Å². The maximum absolute atomic E-state index is 2.56. The summed E-state index contributed by atoms with van der Waals surface area (Å²) < 4.78 is 7.60. The number of hydrogen-bond acceptors (Lipinski definition) is 1. The van der Waals surface area contributed by atoms with E-state index in [2.05, 4.69) is 312 Å². The van der Waals surface area contributed by atoms with Crippen molar-refractivity contribution in [1.29, 1.82) is 0 Å². The lowest BCUT2D eigenvalue weighted by molar-refractivity contribution is 0.794. The highest BCUT2D eigenvalue weighted by Gasteiger charge is 2.52. The van der Waals surface area contributed by atoms with Gasteiger partial charge in [0.05, 0.1) is 27.5 Å². The van der Waals surface area contributed by atoms with Gasteiger partial charge in [0.15, 0.2) is 0 Å². The van der Waals surface area contributed by atoms with Gasteiger partial charge >= 0.3 is 0 Å². The maximum Gasteiger partial charge on any atom is 0.0725 e. The molecule has 0 saturated carbocycles. The molecule has 86 heavy (non-hydrogen) atoms. The van der Waals surface area contributed by atoms with Gasteiger partial charge in [0.25, 0.3) is 0 Å². The van der Waals surface area contributed by atoms with E-state index in [9.17, 15) is 0 Å². The summed E-state index contributed by atoms with van der Waals surface area (Å²) in [4.78, 5) is 0. The summed E-state index contributed by atoms with van der Waals surface area (Å²) >= 11 is 1.87. The third-order valence-corrected chi connectivity index (χ3v) is 20.3. The first kappa shape index (κ1) is 47.6. The summed E-state index contributed by atoms with van der Waals surface area (Å²) in [7, 11) is 0. The fourth-order valence-corrected chi connectivity index (χ4v) is 16.7. The van der Waals surface area contributed by atoms with Crippen LogP contribution in [0.2, 0.25) is 0 Å². The van der Waals surface area contributed by atoms with Gasteiger partial charge in [-0.3, -0.25) is 0 Å². The van der Waals surface area contributed by atoms with E-state index in [1.165, 1.54) is 141 Å². The van der Waals surface area contributed by atoms with Crippen molar-refractivity contribution in [3.63, 3.8) is 0 Å². The molecule has 2 aliphatic carbocycles. The molecule has 17 aromatic rings. The summed E-state index contributed by atoms with van der Waals surface area (Å²) in [5, 5.41) is 12.6. The monoisotopic (exact) mass is 1110 g/mol. The van der Waals surface area contributed by atoms with E-state index in [0.29, 0.717) is 0 Å². The van der Waals surface area contributed by atoms with Gasteiger partial charge in [-0.2, -0.15) is 0 Å². The minimum absolute atomic E-state index is 0.413. The third-order valence-electron chi connectivity index (χ3n) is 19.1. The van der Waals surface area contributed by atoms with E-state index in [0.717, 1.165) is 33.6 Å². The SMILES string of the molecule is C(=C(c1ccc(-c2cccc3c2-c2ccccc2C32c3ccccc3-c3ccccc32)cc1)c1ccc2c3ccccc3n(-c3ccccc3)c2c1)c1ccc2c3c4ccccc4c4ccccc4c3n(-c3ccc4sc5ccccc5c4c3)c2c1. The molecule has 0 N–H and O–H groups in total. The number of para-hydroxylation sites is 2. The van der Waals surface area contributed by atoms with Crippen molar-refractivity contribution in [2.24, 2.45) is 0 Å². The number of nitrogens with zero attached hydrogens (tertiary/aromatic N) is 2. The van der Waals surface area contributed by atoms with Crippen LogP contribution in [-0.4, -0.2) is 9.13 Å². The second kappa shape index (κ2) is 18.1. The molecule has 19 rings (SSSR count). The Labute approximate surface area is 500 Å². The van der Waals surface area contributed by atoms with Crippen LogP contribution in [0.15, 0.2) is 297 Å². The molecule has 3 heterocycles. The van der Waals surface area contributed by atoms with Crippen LogP contribution in [-0.2, 0) is 5.41 Å². The topological polar surface area (TPSA) is 9.86 Å². The highest BCUT2D eigenvalue weighted by molar-refractivity contribution is 7.25. The van der Waals surface area contributed by atoms with Gasteiger partial charge < -0.3 is 9.13 Å². The molecule has 0 aliphatic heterocycles. The van der Waals surface area contributed by atoms with Crippen LogP contribution in [0.5, 0.6) is 0 Å². The number of benzene rings is 14. The minimum Gasteiger partial charge on any atom is -0.309 e. The highest BCUT2D eigenvalue weighted by atomic mass is 32.1. The molecule has 2 nitrogen and oxygen atoms in total. The van der Waals surface area contributed by atoms with Crippen LogP contribution in [0.1, 0.15) is 38.9 Å². The second-order valence-corrected chi connectivity index (χ2v) is 24.5. The number of aromatic nitrogens is 2. The average Bonchev–Trinajstić information content (AvgIpc) is 1.73. The Balaban J connectivity index is 0.845. The zero-order chi connectivity index (χ0) is 56.2. The van der Waals surface area contributed by atoms with Crippen molar-refractivity contribution < 1.29 is 0 Å². The summed E-state index contributed by atoms with van der Waals surface area (Å²) in [6, 6.07) is 112. The lowest BCUT2D eigenvalue weighted by Gasteiger charge is -2.30. The van der Waals surface area contributed by atoms with E-state index < -0.39 is 5.41 Å². The molecule has 14 aromatic carbocycles. The Kier molecular flexibility index (Phi) is 10.0. The fourth-order valence-electron chi connectivity index (χ4n) is 15.6. The van der Waals surface area contributed by atoms with Crippen LogP contribution in [0.4, 0.5) is 0 Å². The van der Waals surface area contributed by atoms with Crippen LogP contribution < -0.4 is 0 Å². The zero-order valence-electron chi connectivity index (χ0n) is 46.7. The summed E-state index contributed by atoms with van der Waals surface area (Å²) in [5.41, 5.74) is 24.3. The van der Waals surface area contributed by atoms with Gasteiger partial charge in [0, 0.05) is 58.5 Å². The summed E-state index contributed by atoms with van der Waals surface area (Å²) in [6.45, 7) is 0. The molecule has 3 aromatic heterocycles. The minimum atomic E-state index is -0.413. The van der Waals surface area contributed by atoms with Crippen LogP contribution in [0.3, 0.4) is 0 Å². The fraction of sp³-hybridized carbons (Fsp3) is 0.0120. The number of fused-ring (bicyclic) bond motifs is 24. The average molecular weight is 1110 g/mol. The van der Waals surface area contributed by atoms with Crippen molar-refractivity contribution in [2.45, 2.75) is 5.41 Å². The van der Waals surface area contributed by atoms with Gasteiger partial charge in [0.2, 0.25) is 0 Å². The molecule has 398 valence electrons. The number of hydrogen-bond donors (Lipinski definition) is 0. The molecule has 3 heteroatoms. The molecule has 0 radical (unpaired) electrons. The molecule has 1 spiro atoms. The summed E-state index contributed by atoms with van der Waals surface area (Å²) in [5.74, 6) is 0. The van der Waals surface area contributed by atoms with Gasteiger partial charge in [0.1, 0.15) is 0 Å². The first-order valence-corrected chi connectivity index (χ1v) is 30.6. The molecule has 2 aliphatic rings. The molecule has 0 amide bonds. The van der Waals surface area contributed by atoms with Crippen molar-refractivity contribution >= 4 is 108 Å². The quantitative estimate of drug-likeness (QED) is 0.116. The molecular weight excluding hydrogens is 1060 g/mol. The third kappa shape index (κ3) is 6.55. The van der Waals surface area contributed by atoms with E-state index in [1.54, 1.807) is 0 Å². The molecule has 0 unspecified atom stereocenters. The van der Waals surface area contributed by atoms with E-state index in [-0.39, 0.29) is 0 Å². The molecule has 0 saturated heterocycles. The number of rotatable bonds is 6. The first-order valence-electron chi connectivity index (χ1n) is 29.8. The van der Waals surface area contributed by atoms with Crippen molar-refractivity contribution in [2.75, 3.05) is 0 Å². The molecule has 0 fully saturated rings. The smallest absolute Gasteiger partial charge is 0.0725 e. The van der Waals surface area contributed by atoms with Crippen molar-refractivity contribution in [1.82, 2.24) is 9.13 Å². The Bertz CT molecular complexity index is 5720. The Hall–Kier alpha value is -10.8. The molecule has 0 atom stereocenters. The highest BCUT2D eigenvalue weighted by Crippen LogP contribution is 2.64. The first-order chi connectivity index (χ1) is 42.7. The lowest BCUT2D eigenvalue weighted by Crippen LogP contribution is -2.25. The predicted molar refractivity (Wildman–Crippen MR) is 365 cm³/mol. The Morgan fingerprint density at radius 1 is 0.314 bits per heavy atom. The standard InChI is InChI=1S/C83H50N2S/c1-2-19-55(20-3-1)84-75-35-16-11-25-62(75)63-45-42-54(49-77(63)84)69(53-40-38-52(39-41-53)57-30-18-34-74-80(57)67-29-10-15-33-73(67)83(74)71-31-13-8-23-60(71)61-24-9-14-32-72(61)83)47-51-37-44-68-76(48-51)85(56-43-46-79-70(50-56)64-26-12-17-36-78(64)86-79)82-66-28-7-5-22-59(66)58-21-4-6-27-65(58)81(68)82/h1-50H. The zero-order valence-corrected chi connectivity index (χ0v) is 47.5. The van der Waals surface area contributed by atoms with Crippen LogP contribution in [0, 0.1) is 0 Å². The maximum atomic E-state index is 2.56. The lowest BCUT2D eigenvalue weighted by atomic mass is 9.70. The van der Waals surface area contributed by atoms with Crippen molar-refractivity contribution in [3.05, 3.63) is 336 Å². The van der Waals surface area contributed by atoms with Gasteiger partial charge in [-0.1, -0.05) is 243 Å². The van der Waals surface area contributed by atoms with Crippen LogP contribution >= 0.6 is 11.3 Å². The molecular formula is C83H50N2S. The number of thiophene rings is 1. The summed E-state index contributed by atoms with van der Waals surface area (Å²) in [6.07, 6.45) is 2.44. The van der Waals surface area contributed by atoms with E-state index >= 15 is 0 Å². The Morgan fingerprint density at radius 3 is 1.65 bits per heavy atom. The second-order valence-electron chi connectivity index (χ2n) is 23.4. The van der Waals surface area contributed by atoms with E-state index in [4.69, 9.17) is 0 Å².